The summed E-state index contributed by atoms with van der Waals surface area (Å²) < 4.78 is 41.0. The largest absolute Gasteiger partial charge is 0.341 e. The summed E-state index contributed by atoms with van der Waals surface area (Å²) in [4.78, 5) is 16.8. The van der Waals surface area contributed by atoms with Gasteiger partial charge in [0.25, 0.3) is 0 Å². The number of benzene rings is 2. The summed E-state index contributed by atoms with van der Waals surface area (Å²) in [5.41, 5.74) is 1.04. The van der Waals surface area contributed by atoms with Crippen LogP contribution in [0.3, 0.4) is 0 Å². The highest BCUT2D eigenvalue weighted by Crippen LogP contribution is 2.15. The third kappa shape index (κ3) is 6.60. The number of hydrogen-bond donors (Lipinski definition) is 1. The van der Waals surface area contributed by atoms with E-state index in [9.17, 15) is 17.6 Å². The van der Waals surface area contributed by atoms with Gasteiger partial charge in [0.15, 0.2) is 0 Å². The SMILES string of the molecule is O=C(CCNS(=O)(=O)c1ccc(Br)cc1)N1CCCN(Cc2ccc(F)cc2)CC1. The maximum absolute atomic E-state index is 13.1. The molecule has 0 unspecified atom stereocenters. The zero-order chi connectivity index (χ0) is 21.6. The van der Waals surface area contributed by atoms with E-state index < -0.39 is 10.0 Å². The molecular formula is C21H25BrFN3O3S. The van der Waals surface area contributed by atoms with Crippen molar-refractivity contribution < 1.29 is 17.6 Å². The number of carbonyl (C=O) groups excluding carboxylic acids is 1. The van der Waals surface area contributed by atoms with E-state index in [-0.39, 0.29) is 29.6 Å². The first-order chi connectivity index (χ1) is 14.3. The maximum Gasteiger partial charge on any atom is 0.240 e. The van der Waals surface area contributed by atoms with Crippen LogP contribution in [0.15, 0.2) is 57.9 Å². The lowest BCUT2D eigenvalue weighted by atomic mass is 10.2. The number of nitrogens with one attached hydrogen (secondary N) is 1. The van der Waals surface area contributed by atoms with Crippen molar-refractivity contribution in [3.8, 4) is 0 Å². The maximum atomic E-state index is 13.1. The Hall–Kier alpha value is -1.81. The van der Waals surface area contributed by atoms with Crippen LogP contribution in [0.5, 0.6) is 0 Å². The fourth-order valence-electron chi connectivity index (χ4n) is 3.37. The Balaban J connectivity index is 1.45. The minimum atomic E-state index is -3.63. The predicted molar refractivity (Wildman–Crippen MR) is 117 cm³/mol. The average molecular weight is 498 g/mol. The normalized spacial score (nSPS) is 15.7. The molecule has 0 bridgehead atoms. The van der Waals surface area contributed by atoms with E-state index in [1.807, 2.05) is 0 Å². The summed E-state index contributed by atoms with van der Waals surface area (Å²) in [5, 5.41) is 0. The number of hydrogen-bond acceptors (Lipinski definition) is 4. The molecule has 1 amide bonds. The minimum absolute atomic E-state index is 0.0582. The van der Waals surface area contributed by atoms with Crippen LogP contribution in [0.1, 0.15) is 18.4 Å². The highest BCUT2D eigenvalue weighted by Gasteiger charge is 2.20. The zero-order valence-corrected chi connectivity index (χ0v) is 19.0. The van der Waals surface area contributed by atoms with Crippen molar-refractivity contribution in [2.75, 3.05) is 32.7 Å². The van der Waals surface area contributed by atoms with E-state index in [0.717, 1.165) is 36.1 Å². The molecule has 3 rings (SSSR count). The molecule has 9 heteroatoms. The summed E-state index contributed by atoms with van der Waals surface area (Å²) in [6.45, 7) is 3.62. The Kier molecular flexibility index (Phi) is 7.99. The summed E-state index contributed by atoms with van der Waals surface area (Å²) in [5.74, 6) is -0.306. The fraction of sp³-hybridized carbons (Fsp3) is 0.381. The lowest BCUT2D eigenvalue weighted by molar-refractivity contribution is -0.130. The average Bonchev–Trinajstić information content (AvgIpc) is 2.95. The molecule has 0 spiro atoms. The Bertz CT molecular complexity index is 952. The van der Waals surface area contributed by atoms with Crippen molar-refractivity contribution >= 4 is 31.9 Å². The van der Waals surface area contributed by atoms with Crippen LogP contribution in [0.2, 0.25) is 0 Å². The van der Waals surface area contributed by atoms with E-state index in [0.29, 0.717) is 13.1 Å². The Morgan fingerprint density at radius 2 is 1.70 bits per heavy atom. The fourth-order valence-corrected chi connectivity index (χ4v) is 4.67. The van der Waals surface area contributed by atoms with Crippen molar-refractivity contribution in [2.45, 2.75) is 24.3 Å². The van der Waals surface area contributed by atoms with E-state index >= 15 is 0 Å². The van der Waals surface area contributed by atoms with Gasteiger partial charge >= 0.3 is 0 Å². The first-order valence-electron chi connectivity index (χ1n) is 9.83. The second-order valence-corrected chi connectivity index (χ2v) is 9.92. The quantitative estimate of drug-likeness (QED) is 0.638. The van der Waals surface area contributed by atoms with Crippen LogP contribution < -0.4 is 4.72 Å². The van der Waals surface area contributed by atoms with Gasteiger partial charge in [0.1, 0.15) is 5.82 Å². The molecule has 1 saturated heterocycles. The van der Waals surface area contributed by atoms with Crippen molar-refractivity contribution in [1.29, 1.82) is 0 Å². The molecule has 2 aromatic carbocycles. The molecule has 1 heterocycles. The molecule has 0 aliphatic carbocycles. The lowest BCUT2D eigenvalue weighted by Crippen LogP contribution is -2.37. The van der Waals surface area contributed by atoms with Crippen molar-refractivity contribution in [3.05, 3.63) is 64.4 Å². The smallest absolute Gasteiger partial charge is 0.240 e. The third-order valence-corrected chi connectivity index (χ3v) is 7.02. The first kappa shape index (κ1) is 22.9. The monoisotopic (exact) mass is 497 g/mol. The minimum Gasteiger partial charge on any atom is -0.341 e. The van der Waals surface area contributed by atoms with Gasteiger partial charge in [-0.1, -0.05) is 28.1 Å². The molecule has 6 nitrogen and oxygen atoms in total. The summed E-state index contributed by atoms with van der Waals surface area (Å²) in [6, 6.07) is 12.8. The van der Waals surface area contributed by atoms with E-state index in [4.69, 9.17) is 0 Å². The number of amides is 1. The lowest BCUT2D eigenvalue weighted by Gasteiger charge is -2.22. The van der Waals surface area contributed by atoms with E-state index in [1.165, 1.54) is 24.3 Å². The summed E-state index contributed by atoms with van der Waals surface area (Å²) in [7, 11) is -3.63. The van der Waals surface area contributed by atoms with Crippen LogP contribution in [-0.2, 0) is 21.4 Å². The van der Waals surface area contributed by atoms with Crippen molar-refractivity contribution in [2.24, 2.45) is 0 Å². The van der Waals surface area contributed by atoms with Gasteiger partial charge in [-0.15, -0.1) is 0 Å². The molecule has 0 aromatic heterocycles. The van der Waals surface area contributed by atoms with Crippen LogP contribution in [-0.4, -0.2) is 56.8 Å². The number of nitrogens with zero attached hydrogens (tertiary/aromatic N) is 2. The topological polar surface area (TPSA) is 69.7 Å². The van der Waals surface area contributed by atoms with E-state index in [1.54, 1.807) is 29.2 Å². The molecule has 0 saturated carbocycles. The zero-order valence-electron chi connectivity index (χ0n) is 16.6. The van der Waals surface area contributed by atoms with Gasteiger partial charge in [-0.3, -0.25) is 9.69 Å². The second kappa shape index (κ2) is 10.5. The molecule has 1 aliphatic rings. The highest BCUT2D eigenvalue weighted by atomic mass is 79.9. The molecule has 1 fully saturated rings. The number of sulfonamides is 1. The number of carbonyl (C=O) groups is 1. The molecule has 0 radical (unpaired) electrons. The Morgan fingerprint density at radius 1 is 1.00 bits per heavy atom. The molecule has 162 valence electrons. The third-order valence-electron chi connectivity index (χ3n) is 5.02. The molecule has 1 aliphatic heterocycles. The summed E-state index contributed by atoms with van der Waals surface area (Å²) >= 11 is 3.28. The van der Waals surface area contributed by atoms with Crippen LogP contribution in [0.4, 0.5) is 4.39 Å². The van der Waals surface area contributed by atoms with Gasteiger partial charge in [0.05, 0.1) is 4.90 Å². The van der Waals surface area contributed by atoms with Gasteiger partial charge in [0, 0.05) is 50.2 Å². The van der Waals surface area contributed by atoms with Gasteiger partial charge in [-0.25, -0.2) is 17.5 Å². The first-order valence-corrected chi connectivity index (χ1v) is 12.1. The molecule has 0 atom stereocenters. The summed E-state index contributed by atoms with van der Waals surface area (Å²) in [6.07, 6.45) is 0.964. The molecule has 2 aromatic rings. The predicted octanol–water partition coefficient (Wildman–Crippen LogP) is 2.99. The Morgan fingerprint density at radius 3 is 2.40 bits per heavy atom. The second-order valence-electron chi connectivity index (χ2n) is 7.24. The highest BCUT2D eigenvalue weighted by molar-refractivity contribution is 9.10. The van der Waals surface area contributed by atoms with Gasteiger partial charge in [0.2, 0.25) is 15.9 Å². The van der Waals surface area contributed by atoms with E-state index in [2.05, 4.69) is 25.6 Å². The number of halogens is 2. The molecule has 30 heavy (non-hydrogen) atoms. The van der Waals surface area contributed by atoms with Crippen LogP contribution in [0, 0.1) is 5.82 Å². The van der Waals surface area contributed by atoms with Gasteiger partial charge < -0.3 is 4.90 Å². The van der Waals surface area contributed by atoms with Crippen molar-refractivity contribution in [3.63, 3.8) is 0 Å². The van der Waals surface area contributed by atoms with Gasteiger partial charge in [-0.2, -0.15) is 0 Å². The standard InChI is InChI=1S/C21H25BrFN3O3S/c22-18-4-8-20(9-5-18)30(28,29)24-11-10-21(27)26-13-1-12-25(14-15-26)16-17-2-6-19(23)7-3-17/h2-9,24H,1,10-16H2. The van der Waals surface area contributed by atoms with Crippen LogP contribution in [0.25, 0.3) is 0 Å². The molecule has 1 N–H and O–H groups in total. The number of rotatable bonds is 7. The van der Waals surface area contributed by atoms with Crippen LogP contribution >= 0.6 is 15.9 Å². The van der Waals surface area contributed by atoms with Crippen molar-refractivity contribution in [1.82, 2.24) is 14.5 Å². The van der Waals surface area contributed by atoms with Gasteiger partial charge in [-0.05, 0) is 48.4 Å². The molecular weight excluding hydrogens is 473 g/mol. The Labute approximate surface area is 185 Å².